The van der Waals surface area contributed by atoms with E-state index in [2.05, 4.69) is 21.3 Å². The van der Waals surface area contributed by atoms with E-state index in [1.807, 2.05) is 20.8 Å². The molecule has 4 aliphatic heterocycles. The highest BCUT2D eigenvalue weighted by atomic mass is 16.5. The van der Waals surface area contributed by atoms with E-state index >= 15 is 0 Å². The van der Waals surface area contributed by atoms with Gasteiger partial charge in [-0.15, -0.1) is 0 Å². The van der Waals surface area contributed by atoms with Crippen LogP contribution in [0, 0.1) is 5.41 Å². The van der Waals surface area contributed by atoms with E-state index in [1.54, 1.807) is 95.9 Å². The molecule has 8 amide bonds. The number of para-hydroxylation sites is 4. The summed E-state index contributed by atoms with van der Waals surface area (Å²) in [5, 5.41) is 11.4. The van der Waals surface area contributed by atoms with Crippen molar-refractivity contribution in [2.45, 2.75) is 96.3 Å². The number of carbonyl (C=O) groups excluding carboxylic acids is 9. The fourth-order valence-corrected chi connectivity index (χ4v) is 10.1. The lowest BCUT2D eigenvalue weighted by Crippen LogP contribution is -2.47. The van der Waals surface area contributed by atoms with Gasteiger partial charge in [0.05, 0.1) is 52.1 Å². The summed E-state index contributed by atoms with van der Waals surface area (Å²) < 4.78 is 4.86. The molecule has 4 aromatic rings. The highest BCUT2D eigenvalue weighted by molar-refractivity contribution is 6.12. The van der Waals surface area contributed by atoms with Crippen molar-refractivity contribution in [3.8, 4) is 0 Å². The first-order valence-electron chi connectivity index (χ1n) is 24.5. The zero-order valence-electron chi connectivity index (χ0n) is 40.9. The molecule has 4 N–H and O–H groups in total. The molecule has 4 aromatic carbocycles. The van der Waals surface area contributed by atoms with Gasteiger partial charge in [0.15, 0.2) is 0 Å². The van der Waals surface area contributed by atoms with Gasteiger partial charge in [-0.25, -0.2) is 4.79 Å². The van der Waals surface area contributed by atoms with E-state index in [0.717, 1.165) is 0 Å². The van der Waals surface area contributed by atoms with E-state index in [-0.39, 0.29) is 70.5 Å². The van der Waals surface area contributed by atoms with Crippen molar-refractivity contribution in [2.24, 2.45) is 5.41 Å². The van der Waals surface area contributed by atoms with Crippen molar-refractivity contribution in [3.05, 3.63) is 119 Å². The van der Waals surface area contributed by atoms with E-state index in [4.69, 9.17) is 4.74 Å². The molecule has 72 heavy (non-hydrogen) atoms. The van der Waals surface area contributed by atoms with Gasteiger partial charge in [-0.05, 0) is 99.9 Å². The fraction of sp³-hybridized carbons (Fsp3) is 0.389. The van der Waals surface area contributed by atoms with E-state index in [1.165, 1.54) is 27.9 Å². The first-order chi connectivity index (χ1) is 34.6. The van der Waals surface area contributed by atoms with E-state index in [0.29, 0.717) is 57.9 Å². The summed E-state index contributed by atoms with van der Waals surface area (Å²) in [5.41, 5.74) is 0.913. The average Bonchev–Trinajstić information content (AvgIpc) is 4.24. The first-order valence-corrected chi connectivity index (χ1v) is 24.5. The maximum atomic E-state index is 14.4. The van der Waals surface area contributed by atoms with Crippen LogP contribution in [0.2, 0.25) is 0 Å². The lowest BCUT2D eigenvalue weighted by Gasteiger charge is -2.30. The minimum Gasteiger partial charge on any atom is -0.465 e. The van der Waals surface area contributed by atoms with Crippen molar-refractivity contribution in [1.82, 2.24) is 19.6 Å². The van der Waals surface area contributed by atoms with Gasteiger partial charge in [0.2, 0.25) is 29.5 Å². The molecule has 4 atom stereocenters. The van der Waals surface area contributed by atoms with Gasteiger partial charge in [-0.1, -0.05) is 69.3 Å². The largest absolute Gasteiger partial charge is 0.465 e. The number of benzene rings is 4. The third kappa shape index (κ3) is 10.6. The normalized spacial score (nSPS) is 19.7. The topological polar surface area (TPSA) is 224 Å². The van der Waals surface area contributed by atoms with Gasteiger partial charge >= 0.3 is 5.97 Å². The van der Waals surface area contributed by atoms with Gasteiger partial charge in [0, 0.05) is 31.6 Å². The number of rotatable bonds is 12. The average molecular weight is 981 g/mol. The minimum absolute atomic E-state index is 0.127. The highest BCUT2D eigenvalue weighted by Gasteiger charge is 2.42. The van der Waals surface area contributed by atoms with Crippen molar-refractivity contribution in [3.63, 3.8) is 0 Å². The van der Waals surface area contributed by atoms with Crippen LogP contribution in [0.25, 0.3) is 0 Å². The molecule has 8 rings (SSSR count). The molecule has 0 radical (unpaired) electrons. The SMILES string of the molecule is COC(=O)c1ccccc1NC(=O)[C@@H]1CCCN1C(=O)c1ccccc1NC(=O)[C@@H]1CCCN1C(=O)c1ccccc1NC(=O)[C@@H]1CCCN1C(=O)c1ccccc1NC(=O)[C@@H]1CCCN1C(=O)C(C)(C)C. The van der Waals surface area contributed by atoms with Crippen LogP contribution in [0.15, 0.2) is 97.1 Å². The summed E-state index contributed by atoms with van der Waals surface area (Å²) >= 11 is 0. The Labute approximate surface area is 417 Å². The molecule has 18 nitrogen and oxygen atoms in total. The molecule has 0 aromatic heterocycles. The maximum absolute atomic E-state index is 14.4. The predicted molar refractivity (Wildman–Crippen MR) is 268 cm³/mol. The maximum Gasteiger partial charge on any atom is 0.339 e. The van der Waals surface area contributed by atoms with Crippen molar-refractivity contribution >= 4 is 76.0 Å². The highest BCUT2D eigenvalue weighted by Crippen LogP contribution is 2.32. The van der Waals surface area contributed by atoms with Gasteiger partial charge in [-0.2, -0.15) is 0 Å². The second-order valence-electron chi connectivity index (χ2n) is 19.5. The summed E-state index contributed by atoms with van der Waals surface area (Å²) in [6.07, 6.45) is 3.83. The number of ether oxygens (including phenoxy) is 1. The van der Waals surface area contributed by atoms with Crippen LogP contribution >= 0.6 is 0 Å². The van der Waals surface area contributed by atoms with Crippen LogP contribution in [0.1, 0.15) is 114 Å². The Morgan fingerprint density at radius 1 is 0.417 bits per heavy atom. The molecule has 4 saturated heterocycles. The second-order valence-corrected chi connectivity index (χ2v) is 19.5. The molecule has 4 heterocycles. The van der Waals surface area contributed by atoms with Crippen molar-refractivity contribution in [1.29, 1.82) is 0 Å². The number of anilines is 4. The zero-order chi connectivity index (χ0) is 51.3. The van der Waals surface area contributed by atoms with Gasteiger partial charge in [0.1, 0.15) is 24.2 Å². The number of methoxy groups -OCH3 is 1. The number of likely N-dealkylation sites (tertiary alicyclic amines) is 4. The van der Waals surface area contributed by atoms with E-state index < -0.39 is 76.9 Å². The van der Waals surface area contributed by atoms with Crippen LogP contribution in [-0.2, 0) is 28.7 Å². The van der Waals surface area contributed by atoms with Crippen LogP contribution in [-0.4, -0.2) is 130 Å². The number of hydrogen-bond acceptors (Lipinski definition) is 10. The Hall–Kier alpha value is -7.89. The lowest BCUT2D eigenvalue weighted by molar-refractivity contribution is -0.143. The van der Waals surface area contributed by atoms with Crippen LogP contribution in [0.5, 0.6) is 0 Å². The summed E-state index contributed by atoms with van der Waals surface area (Å²) in [5.74, 6) is -4.08. The molecular weight excluding hydrogens is 921 g/mol. The third-order valence-electron chi connectivity index (χ3n) is 13.7. The first kappa shape index (κ1) is 50.5. The molecule has 0 bridgehead atoms. The monoisotopic (exact) mass is 980 g/mol. The Balaban J connectivity index is 0.925. The summed E-state index contributed by atoms with van der Waals surface area (Å²) in [7, 11) is 1.24. The number of nitrogens with one attached hydrogen (secondary N) is 4. The molecular formula is C54H60N8O10. The third-order valence-corrected chi connectivity index (χ3v) is 13.7. The van der Waals surface area contributed by atoms with Crippen LogP contribution in [0.4, 0.5) is 22.7 Å². The number of carbonyl (C=O) groups is 9. The predicted octanol–water partition coefficient (Wildman–Crippen LogP) is 6.18. The van der Waals surface area contributed by atoms with E-state index in [9.17, 15) is 43.2 Å². The Morgan fingerprint density at radius 2 is 0.681 bits per heavy atom. The van der Waals surface area contributed by atoms with Gasteiger partial charge in [0.25, 0.3) is 17.7 Å². The molecule has 0 aliphatic carbocycles. The Bertz CT molecular complexity index is 2810. The molecule has 376 valence electrons. The van der Waals surface area contributed by atoms with Crippen molar-refractivity contribution < 1.29 is 47.9 Å². The molecule has 4 fully saturated rings. The van der Waals surface area contributed by atoms with Crippen LogP contribution < -0.4 is 21.3 Å². The molecule has 0 unspecified atom stereocenters. The molecule has 18 heteroatoms. The Morgan fingerprint density at radius 3 is 0.986 bits per heavy atom. The summed E-state index contributed by atoms with van der Waals surface area (Å²) in [6, 6.07) is 22.6. The quantitative estimate of drug-likeness (QED) is 0.118. The summed E-state index contributed by atoms with van der Waals surface area (Å²) in [4.78, 5) is 130. The number of nitrogens with zero attached hydrogens (tertiary/aromatic N) is 4. The minimum atomic E-state index is -0.927. The Kier molecular flexibility index (Phi) is 15.2. The lowest BCUT2D eigenvalue weighted by atomic mass is 9.94. The van der Waals surface area contributed by atoms with Gasteiger partial charge < -0.3 is 45.6 Å². The molecule has 4 aliphatic rings. The van der Waals surface area contributed by atoms with Crippen molar-refractivity contribution in [2.75, 3.05) is 54.6 Å². The standard InChI is InChI=1S/C54H60N8O10/c1-54(2,3)53(71)62-32-16-28-44(62)48(66)57-39-23-11-7-19-35(39)51(69)60-30-14-26-42(60)46(64)55-37-21-9-5-17-33(37)49(67)59-29-13-25-41(59)45(63)56-38-22-10-6-18-34(38)50(68)61-31-15-27-43(61)47(65)58-40-24-12-8-20-36(40)52(70)72-4/h5-12,17-24,41-44H,13-16,25-32H2,1-4H3,(H,55,64)(H,56,63)(H,57,66)(H,58,65)/t41-,42-,43-,44-/m0/s1. The molecule has 0 spiro atoms. The molecule has 0 saturated carbocycles. The smallest absolute Gasteiger partial charge is 0.339 e. The number of hydrogen-bond donors (Lipinski definition) is 4. The zero-order valence-corrected chi connectivity index (χ0v) is 40.9. The number of esters is 1. The van der Waals surface area contributed by atoms with Crippen LogP contribution in [0.3, 0.4) is 0 Å². The van der Waals surface area contributed by atoms with Gasteiger partial charge in [-0.3, -0.25) is 38.4 Å². The fourth-order valence-electron chi connectivity index (χ4n) is 10.1. The number of amides is 8. The summed E-state index contributed by atoms with van der Waals surface area (Å²) in [6.45, 7) is 6.70. The second kappa shape index (κ2) is 21.6.